The number of hydrogen-bond donors (Lipinski definition) is 0. The zero-order chi connectivity index (χ0) is 14.0. The van der Waals surface area contributed by atoms with Gasteiger partial charge in [0.2, 0.25) is 0 Å². The first kappa shape index (κ1) is 16.9. The highest BCUT2D eigenvalue weighted by atomic mass is 79.9. The normalized spacial score (nSPS) is 10.3. The Kier molecular flexibility index (Phi) is 8.36. The van der Waals surface area contributed by atoms with Crippen molar-refractivity contribution in [1.29, 1.82) is 0 Å². The number of alkyl halides is 4. The molecule has 0 aliphatic carbocycles. The fraction of sp³-hybridized carbons (Fsp3) is 0.455. The van der Waals surface area contributed by atoms with Crippen molar-refractivity contribution < 1.29 is 22.7 Å². The van der Waals surface area contributed by atoms with Crippen LogP contribution in [0.4, 0.5) is 13.2 Å². The van der Waals surface area contributed by atoms with Gasteiger partial charge < -0.3 is 4.74 Å². The Labute approximate surface area is 111 Å². The lowest BCUT2D eigenvalue weighted by molar-refractivity contribution is -0.137. The van der Waals surface area contributed by atoms with Crippen LogP contribution in [0.1, 0.15) is 18.1 Å². The molecule has 0 amide bonds. The van der Waals surface area contributed by atoms with E-state index in [0.717, 1.165) is 12.3 Å². The van der Waals surface area contributed by atoms with Crippen LogP contribution < -0.4 is 0 Å². The number of carbonyl (C=O) groups excluding carboxylic acids is 1. The number of hydrogen-bond acceptors (Lipinski definition) is 3. The Balaban J connectivity index is 0.000000494. The highest BCUT2D eigenvalue weighted by molar-refractivity contribution is 9.09. The summed E-state index contributed by atoms with van der Waals surface area (Å²) in [6.07, 6.45) is -1.47. The van der Waals surface area contributed by atoms with E-state index in [-0.39, 0.29) is 0 Å². The molecule has 7 heteroatoms. The molecule has 0 aliphatic rings. The molecule has 1 rings (SSSR count). The molecule has 0 aromatic carbocycles. The van der Waals surface area contributed by atoms with E-state index in [4.69, 9.17) is 0 Å². The number of carbonyl (C=O) groups is 1. The zero-order valence-corrected chi connectivity index (χ0v) is 11.3. The second-order valence-electron chi connectivity index (χ2n) is 3.07. The van der Waals surface area contributed by atoms with Crippen LogP contribution in [0.2, 0.25) is 0 Å². The standard InChI is InChI=1S/C8H7BrF3N.C3H6O2/c9-2-1-6-3-7(5-13-4-6)8(10,11)12;1-2-5-3-4/h3-5H,1-2H2;3H,2H2,1H3. The topological polar surface area (TPSA) is 39.2 Å². The van der Waals surface area contributed by atoms with Crippen molar-refractivity contribution in [2.24, 2.45) is 0 Å². The van der Waals surface area contributed by atoms with Crippen LogP contribution in [-0.2, 0) is 22.1 Å². The molecule has 102 valence electrons. The SMILES string of the molecule is CCOC=O.FC(F)(F)c1cncc(CCBr)c1. The summed E-state index contributed by atoms with van der Waals surface area (Å²) in [6, 6.07) is 1.12. The van der Waals surface area contributed by atoms with Crippen molar-refractivity contribution in [1.82, 2.24) is 4.98 Å². The molecule has 0 unspecified atom stereocenters. The lowest BCUT2D eigenvalue weighted by Crippen LogP contribution is -2.06. The first-order chi connectivity index (χ1) is 8.45. The van der Waals surface area contributed by atoms with E-state index < -0.39 is 11.7 Å². The molecule has 3 nitrogen and oxygen atoms in total. The monoisotopic (exact) mass is 327 g/mol. The molecule has 1 aromatic heterocycles. The second-order valence-corrected chi connectivity index (χ2v) is 3.86. The molecule has 1 heterocycles. The number of pyridine rings is 1. The molecular weight excluding hydrogens is 315 g/mol. The fourth-order valence-corrected chi connectivity index (χ4v) is 1.41. The van der Waals surface area contributed by atoms with Crippen LogP contribution in [-0.4, -0.2) is 23.4 Å². The van der Waals surface area contributed by atoms with Gasteiger partial charge in [-0.05, 0) is 25.0 Å². The predicted octanol–water partition coefficient (Wildman–Crippen LogP) is 3.22. The number of ether oxygens (including phenoxy) is 1. The molecule has 0 atom stereocenters. The van der Waals surface area contributed by atoms with Gasteiger partial charge in [0, 0.05) is 17.7 Å². The molecule has 0 radical (unpaired) electrons. The van der Waals surface area contributed by atoms with Gasteiger partial charge in [0.15, 0.2) is 0 Å². The maximum Gasteiger partial charge on any atom is 0.417 e. The zero-order valence-electron chi connectivity index (χ0n) is 9.71. The summed E-state index contributed by atoms with van der Waals surface area (Å²) in [5, 5.41) is 0.635. The second kappa shape index (κ2) is 8.91. The van der Waals surface area contributed by atoms with Crippen molar-refractivity contribution in [3.05, 3.63) is 29.6 Å². The average Bonchev–Trinajstić information content (AvgIpc) is 2.31. The van der Waals surface area contributed by atoms with E-state index in [1.165, 1.54) is 6.20 Å². The van der Waals surface area contributed by atoms with Gasteiger partial charge in [-0.15, -0.1) is 0 Å². The maximum atomic E-state index is 12.2. The molecule has 0 bridgehead atoms. The minimum Gasteiger partial charge on any atom is -0.468 e. The molecule has 0 fully saturated rings. The van der Waals surface area contributed by atoms with Gasteiger partial charge in [0.1, 0.15) is 0 Å². The van der Waals surface area contributed by atoms with Crippen molar-refractivity contribution in [2.45, 2.75) is 19.5 Å². The van der Waals surface area contributed by atoms with Crippen molar-refractivity contribution in [2.75, 3.05) is 11.9 Å². The largest absolute Gasteiger partial charge is 0.468 e. The molecule has 1 aromatic rings. The average molecular weight is 328 g/mol. The number of halogens is 4. The van der Waals surface area contributed by atoms with Crippen LogP contribution in [0.5, 0.6) is 0 Å². The fourth-order valence-electron chi connectivity index (χ4n) is 0.956. The van der Waals surface area contributed by atoms with Crippen LogP contribution in [0.15, 0.2) is 18.5 Å². The van der Waals surface area contributed by atoms with Crippen LogP contribution in [0.3, 0.4) is 0 Å². The van der Waals surface area contributed by atoms with Crippen LogP contribution in [0.25, 0.3) is 0 Å². The van der Waals surface area contributed by atoms with Gasteiger partial charge in [0.05, 0.1) is 12.2 Å². The lowest BCUT2D eigenvalue weighted by atomic mass is 10.1. The van der Waals surface area contributed by atoms with Crippen molar-refractivity contribution in [3.8, 4) is 0 Å². The summed E-state index contributed by atoms with van der Waals surface area (Å²) < 4.78 is 40.6. The first-order valence-electron chi connectivity index (χ1n) is 5.08. The van der Waals surface area contributed by atoms with E-state index in [2.05, 4.69) is 25.7 Å². The third-order valence-corrected chi connectivity index (χ3v) is 2.14. The summed E-state index contributed by atoms with van der Waals surface area (Å²) in [5.41, 5.74) is -0.0994. The highest BCUT2D eigenvalue weighted by Gasteiger charge is 2.30. The van der Waals surface area contributed by atoms with Gasteiger partial charge in [0.25, 0.3) is 6.47 Å². The van der Waals surface area contributed by atoms with Gasteiger partial charge in [-0.3, -0.25) is 9.78 Å². The number of nitrogens with zero attached hydrogens (tertiary/aromatic N) is 1. The predicted molar refractivity (Wildman–Crippen MR) is 64.4 cm³/mol. The van der Waals surface area contributed by atoms with E-state index in [1.807, 2.05) is 0 Å². The first-order valence-corrected chi connectivity index (χ1v) is 6.20. The molecule has 18 heavy (non-hydrogen) atoms. The van der Waals surface area contributed by atoms with Crippen molar-refractivity contribution >= 4 is 22.4 Å². The van der Waals surface area contributed by atoms with Crippen LogP contribution >= 0.6 is 15.9 Å². The molecule has 0 N–H and O–H groups in total. The summed E-state index contributed by atoms with van der Waals surface area (Å²) in [4.78, 5) is 12.7. The summed E-state index contributed by atoms with van der Waals surface area (Å²) in [5.74, 6) is 0. The lowest BCUT2D eigenvalue weighted by Gasteiger charge is -2.06. The Bertz CT molecular complexity index is 358. The summed E-state index contributed by atoms with van der Waals surface area (Å²) >= 11 is 3.15. The Morgan fingerprint density at radius 2 is 2.11 bits per heavy atom. The van der Waals surface area contributed by atoms with E-state index >= 15 is 0 Å². The smallest absolute Gasteiger partial charge is 0.417 e. The third kappa shape index (κ3) is 7.26. The van der Waals surface area contributed by atoms with Gasteiger partial charge in [-0.2, -0.15) is 13.2 Å². The van der Waals surface area contributed by atoms with Gasteiger partial charge >= 0.3 is 6.18 Å². The summed E-state index contributed by atoms with van der Waals surface area (Å²) in [7, 11) is 0. The van der Waals surface area contributed by atoms with E-state index in [0.29, 0.717) is 30.4 Å². The van der Waals surface area contributed by atoms with E-state index in [9.17, 15) is 18.0 Å². The van der Waals surface area contributed by atoms with E-state index in [1.54, 1.807) is 6.92 Å². The molecule has 0 saturated carbocycles. The molecule has 0 saturated heterocycles. The molecule has 0 spiro atoms. The van der Waals surface area contributed by atoms with Crippen molar-refractivity contribution in [3.63, 3.8) is 0 Å². The number of rotatable bonds is 4. The minimum absolute atomic E-state index is 0.431. The summed E-state index contributed by atoms with van der Waals surface area (Å²) in [6.45, 7) is 2.66. The molecular formula is C11H13BrF3NO2. The highest BCUT2D eigenvalue weighted by Crippen LogP contribution is 2.28. The van der Waals surface area contributed by atoms with Gasteiger partial charge in [-0.25, -0.2) is 0 Å². The Morgan fingerprint density at radius 1 is 1.44 bits per heavy atom. The quantitative estimate of drug-likeness (QED) is 0.629. The third-order valence-electron chi connectivity index (χ3n) is 1.74. The number of aromatic nitrogens is 1. The number of aryl methyl sites for hydroxylation is 1. The maximum absolute atomic E-state index is 12.2. The van der Waals surface area contributed by atoms with Crippen LogP contribution in [0, 0.1) is 0 Å². The minimum atomic E-state index is -4.30. The Hall–Kier alpha value is -1.11. The van der Waals surface area contributed by atoms with Gasteiger partial charge in [-0.1, -0.05) is 15.9 Å². The Morgan fingerprint density at radius 3 is 2.50 bits per heavy atom. The molecule has 0 aliphatic heterocycles.